The van der Waals surface area contributed by atoms with Gasteiger partial charge in [0.05, 0.1) is 5.69 Å². The highest BCUT2D eigenvalue weighted by Crippen LogP contribution is 2.34. The lowest BCUT2D eigenvalue weighted by atomic mass is 10.1. The van der Waals surface area contributed by atoms with E-state index in [-0.39, 0.29) is 0 Å². The first-order valence-electron chi connectivity index (χ1n) is 6.24. The molecule has 7 heteroatoms. The molecule has 0 aliphatic heterocycles. The van der Waals surface area contributed by atoms with Crippen LogP contribution in [0.25, 0.3) is 0 Å². The van der Waals surface area contributed by atoms with Crippen LogP contribution in [0.3, 0.4) is 0 Å². The smallest absolute Gasteiger partial charge is 0.159 e. The molecule has 0 aromatic heterocycles. The second-order valence-corrected chi connectivity index (χ2v) is 7.33. The molecule has 2 aromatic rings. The van der Waals surface area contributed by atoms with Crippen molar-refractivity contribution < 1.29 is 4.74 Å². The molecule has 1 atom stereocenters. The van der Waals surface area contributed by atoms with Crippen molar-refractivity contribution in [1.82, 2.24) is 0 Å². The van der Waals surface area contributed by atoms with Gasteiger partial charge in [-0.1, -0.05) is 57.9 Å². The Bertz CT molecular complexity index is 657. The number of hydrogen-bond acceptors (Lipinski definition) is 3. The largest absolute Gasteiger partial charge is 0.369 e. The molecule has 3 nitrogen and oxygen atoms in total. The number of anilines is 1. The van der Waals surface area contributed by atoms with Crippen molar-refractivity contribution >= 4 is 70.2 Å². The quantitative estimate of drug-likeness (QED) is 0.376. The van der Waals surface area contributed by atoms with E-state index < -0.39 is 6.10 Å². The van der Waals surface area contributed by atoms with E-state index >= 15 is 0 Å². The molecule has 116 valence electrons. The zero-order chi connectivity index (χ0) is 16.1. The lowest BCUT2D eigenvalue weighted by molar-refractivity contribution is 0.160. The van der Waals surface area contributed by atoms with Crippen LogP contribution in [0.2, 0.25) is 0 Å². The summed E-state index contributed by atoms with van der Waals surface area (Å²) in [6.07, 6.45) is -0.414. The number of hydrazone groups is 1. The Kier molecular flexibility index (Phi) is 6.89. The predicted octanol–water partition coefficient (Wildman–Crippen LogP) is 6.33. The summed E-state index contributed by atoms with van der Waals surface area (Å²) < 4.78 is 8.10. The van der Waals surface area contributed by atoms with Crippen LogP contribution in [-0.2, 0) is 4.74 Å². The normalized spacial score (nSPS) is 13.0. The van der Waals surface area contributed by atoms with Crippen molar-refractivity contribution in [3.63, 3.8) is 0 Å². The Morgan fingerprint density at radius 1 is 1.14 bits per heavy atom. The zero-order valence-electron chi connectivity index (χ0n) is 11.5. The zero-order valence-corrected chi connectivity index (χ0v) is 17.0. The first kappa shape index (κ1) is 17.9. The highest BCUT2D eigenvalue weighted by Gasteiger charge is 2.16. The maximum Gasteiger partial charge on any atom is 0.159 e. The Labute approximate surface area is 159 Å². The van der Waals surface area contributed by atoms with E-state index in [1.807, 2.05) is 42.5 Å². The van der Waals surface area contributed by atoms with Crippen LogP contribution in [-0.4, -0.2) is 12.3 Å². The summed E-state index contributed by atoms with van der Waals surface area (Å²) in [4.78, 5) is 0. The number of halogens is 4. The molecule has 0 amide bonds. The van der Waals surface area contributed by atoms with Gasteiger partial charge in [0, 0.05) is 20.5 Å². The number of benzene rings is 2. The molecule has 1 unspecified atom stereocenters. The molecule has 0 bridgehead atoms. The van der Waals surface area contributed by atoms with Gasteiger partial charge in [0.2, 0.25) is 0 Å². The van der Waals surface area contributed by atoms with E-state index in [1.54, 1.807) is 7.11 Å². The molecule has 0 heterocycles. The molecule has 0 aliphatic rings. The Morgan fingerprint density at radius 2 is 1.73 bits per heavy atom. The fraction of sp³-hybridized carbons (Fsp3) is 0.133. The number of rotatable bonds is 5. The van der Waals surface area contributed by atoms with Crippen molar-refractivity contribution in [3.05, 3.63) is 61.4 Å². The molecule has 0 saturated heterocycles. The van der Waals surface area contributed by atoms with E-state index in [2.05, 4.69) is 58.3 Å². The maximum absolute atomic E-state index is 6.29. The van der Waals surface area contributed by atoms with Crippen LogP contribution in [0.1, 0.15) is 11.7 Å². The van der Waals surface area contributed by atoms with Crippen molar-refractivity contribution in [2.75, 3.05) is 12.5 Å². The van der Waals surface area contributed by atoms with Crippen molar-refractivity contribution in [3.8, 4) is 0 Å². The third-order valence-corrected chi connectivity index (χ3v) is 4.83. The Morgan fingerprint density at radius 3 is 2.27 bits per heavy atom. The van der Waals surface area contributed by atoms with Gasteiger partial charge in [-0.3, -0.25) is 5.43 Å². The van der Waals surface area contributed by atoms with Crippen molar-refractivity contribution in [2.45, 2.75) is 6.10 Å². The Balaban J connectivity index is 2.22. The fourth-order valence-electron chi connectivity index (χ4n) is 1.82. The van der Waals surface area contributed by atoms with Gasteiger partial charge >= 0.3 is 0 Å². The number of methoxy groups -OCH3 is 1. The highest BCUT2D eigenvalue weighted by molar-refractivity contribution is 9.11. The van der Waals surface area contributed by atoms with Crippen LogP contribution in [0.4, 0.5) is 5.69 Å². The van der Waals surface area contributed by atoms with E-state index in [9.17, 15) is 0 Å². The minimum absolute atomic E-state index is 0.315. The molecule has 2 aromatic carbocycles. The maximum atomic E-state index is 6.29. The topological polar surface area (TPSA) is 33.6 Å². The summed E-state index contributed by atoms with van der Waals surface area (Å²) in [5.41, 5.74) is 4.68. The summed E-state index contributed by atoms with van der Waals surface area (Å²) >= 11 is 16.7. The molecule has 1 N–H and O–H groups in total. The van der Waals surface area contributed by atoms with Crippen molar-refractivity contribution in [2.24, 2.45) is 5.10 Å². The van der Waals surface area contributed by atoms with Gasteiger partial charge in [-0.2, -0.15) is 5.10 Å². The van der Waals surface area contributed by atoms with Gasteiger partial charge in [-0.05, 0) is 49.6 Å². The minimum atomic E-state index is -0.414. The monoisotopic (exact) mass is 508 g/mol. The summed E-state index contributed by atoms with van der Waals surface area (Å²) in [6.45, 7) is 0. The highest BCUT2D eigenvalue weighted by atomic mass is 79.9. The predicted molar refractivity (Wildman–Crippen MR) is 103 cm³/mol. The molecule has 0 saturated carbocycles. The average molecular weight is 511 g/mol. The third kappa shape index (κ3) is 4.55. The second-order valence-electron chi connectivity index (χ2n) is 4.32. The summed E-state index contributed by atoms with van der Waals surface area (Å²) in [7, 11) is 1.60. The SMILES string of the molecule is COC(/C(Cl)=N/Nc1c(Br)cc(Br)cc1Br)c1ccccc1. The van der Waals surface area contributed by atoms with Gasteiger partial charge in [-0.15, -0.1) is 0 Å². The average Bonchev–Trinajstić information content (AvgIpc) is 2.48. The van der Waals surface area contributed by atoms with E-state index in [0.717, 1.165) is 24.7 Å². The third-order valence-electron chi connectivity index (χ3n) is 2.84. The standard InChI is InChI=1S/C15H12Br3ClN2O/c1-22-14(9-5-3-2-4-6-9)15(19)21-20-13-11(17)7-10(16)8-12(13)18/h2-8,14,20H,1H3/b21-15-. The Hall–Kier alpha value is -0.400. The molecular formula is C15H12Br3ClN2O. The molecule has 22 heavy (non-hydrogen) atoms. The van der Waals surface area contributed by atoms with Gasteiger partial charge in [0.1, 0.15) is 6.10 Å². The van der Waals surface area contributed by atoms with Crippen LogP contribution in [0.15, 0.2) is 61.0 Å². The van der Waals surface area contributed by atoms with Gasteiger partial charge < -0.3 is 4.74 Å². The van der Waals surface area contributed by atoms with Crippen LogP contribution in [0, 0.1) is 0 Å². The van der Waals surface area contributed by atoms with Gasteiger partial charge in [0.25, 0.3) is 0 Å². The summed E-state index contributed by atoms with van der Waals surface area (Å²) in [5.74, 6) is 0. The first-order chi connectivity index (χ1) is 10.5. The summed E-state index contributed by atoms with van der Waals surface area (Å²) in [6, 6.07) is 13.5. The second kappa shape index (κ2) is 8.45. The van der Waals surface area contributed by atoms with E-state index in [1.165, 1.54) is 0 Å². The van der Waals surface area contributed by atoms with Gasteiger partial charge in [0.15, 0.2) is 5.17 Å². The van der Waals surface area contributed by atoms with Crippen LogP contribution < -0.4 is 5.43 Å². The van der Waals surface area contributed by atoms with Crippen LogP contribution in [0.5, 0.6) is 0 Å². The number of nitrogens with zero attached hydrogens (tertiary/aromatic N) is 1. The lowest BCUT2D eigenvalue weighted by Crippen LogP contribution is -2.11. The fourth-order valence-corrected chi connectivity index (χ4v) is 4.51. The van der Waals surface area contributed by atoms with Crippen molar-refractivity contribution in [1.29, 1.82) is 0 Å². The molecule has 2 rings (SSSR count). The van der Waals surface area contributed by atoms with Gasteiger partial charge in [-0.25, -0.2) is 0 Å². The summed E-state index contributed by atoms with van der Waals surface area (Å²) in [5, 5.41) is 4.54. The van der Waals surface area contributed by atoms with E-state index in [0.29, 0.717) is 5.17 Å². The molecule has 0 radical (unpaired) electrons. The minimum Gasteiger partial charge on any atom is -0.369 e. The number of hydrogen-bond donors (Lipinski definition) is 1. The van der Waals surface area contributed by atoms with Crippen LogP contribution >= 0.6 is 59.4 Å². The molecule has 0 aliphatic carbocycles. The molecule has 0 spiro atoms. The molecular weight excluding hydrogens is 499 g/mol. The molecule has 0 fully saturated rings. The number of ether oxygens (including phenoxy) is 1. The number of nitrogens with one attached hydrogen (secondary N) is 1. The lowest BCUT2D eigenvalue weighted by Gasteiger charge is -2.14. The first-order valence-corrected chi connectivity index (χ1v) is 9.00. The van der Waals surface area contributed by atoms with E-state index in [4.69, 9.17) is 16.3 Å².